The summed E-state index contributed by atoms with van der Waals surface area (Å²) in [7, 11) is 0. The molecule has 0 saturated heterocycles. The van der Waals surface area contributed by atoms with Crippen LogP contribution in [0.3, 0.4) is 0 Å². The van der Waals surface area contributed by atoms with Crippen LogP contribution in [0.4, 0.5) is 5.69 Å². The molecule has 7 heteroatoms. The van der Waals surface area contributed by atoms with Crippen LogP contribution in [-0.2, 0) is 20.9 Å². The number of benzene rings is 2. The Bertz CT molecular complexity index is 791. The van der Waals surface area contributed by atoms with Crippen molar-refractivity contribution < 1.29 is 19.4 Å². The molecule has 136 valence electrons. The van der Waals surface area contributed by atoms with Crippen LogP contribution in [-0.4, -0.2) is 24.3 Å². The van der Waals surface area contributed by atoms with Crippen LogP contribution >= 0.6 is 15.9 Å². The number of carbonyl (C=O) groups is 1. The summed E-state index contributed by atoms with van der Waals surface area (Å²) in [4.78, 5) is 12.1. The summed E-state index contributed by atoms with van der Waals surface area (Å²) in [6.07, 6.45) is 0. The van der Waals surface area contributed by atoms with E-state index in [1.807, 2.05) is 36.4 Å². The molecule has 0 amide bonds. The molecule has 2 aromatic rings. The van der Waals surface area contributed by atoms with Gasteiger partial charge in [0.2, 0.25) is 5.70 Å². The zero-order chi connectivity index (χ0) is 18.8. The zero-order valence-electron chi connectivity index (χ0n) is 14.3. The van der Waals surface area contributed by atoms with Gasteiger partial charge < -0.3 is 14.6 Å². The molecule has 0 atom stereocenters. The largest absolute Gasteiger partial charge is 0.507 e. The van der Waals surface area contributed by atoms with E-state index in [0.29, 0.717) is 16.8 Å². The Morgan fingerprint density at radius 3 is 2.50 bits per heavy atom. The molecule has 26 heavy (non-hydrogen) atoms. The third kappa shape index (κ3) is 6.09. The standard InChI is InChI=1S/C19H19BrN2O4/c1-2-26-19(24)18(22-21-16-11-7-6-10-15(16)20)17(23)13-25-12-14-8-4-3-5-9-14/h3-11,23H,2,12-13H2,1H3. The number of carbonyl (C=O) groups excluding carboxylic acids is 1. The fourth-order valence-corrected chi connectivity index (χ4v) is 2.32. The van der Waals surface area contributed by atoms with Gasteiger partial charge in [-0.05, 0) is 40.5 Å². The summed E-state index contributed by atoms with van der Waals surface area (Å²) in [6, 6.07) is 16.6. The Morgan fingerprint density at radius 1 is 1.12 bits per heavy atom. The summed E-state index contributed by atoms with van der Waals surface area (Å²) in [5.41, 5.74) is 1.19. The Hall–Kier alpha value is -2.51. The highest BCUT2D eigenvalue weighted by Gasteiger charge is 2.17. The number of rotatable bonds is 8. The number of azo groups is 1. The summed E-state index contributed by atoms with van der Waals surface area (Å²) < 4.78 is 11.1. The maximum atomic E-state index is 12.1. The number of esters is 1. The highest BCUT2D eigenvalue weighted by molar-refractivity contribution is 9.10. The number of ether oxygens (including phenoxy) is 2. The normalized spacial score (nSPS) is 12.1. The van der Waals surface area contributed by atoms with E-state index < -0.39 is 5.97 Å². The molecular weight excluding hydrogens is 400 g/mol. The molecule has 0 fully saturated rings. The minimum Gasteiger partial charge on any atom is -0.507 e. The van der Waals surface area contributed by atoms with Crippen molar-refractivity contribution in [3.05, 3.63) is 76.1 Å². The van der Waals surface area contributed by atoms with Crippen molar-refractivity contribution in [3.63, 3.8) is 0 Å². The Morgan fingerprint density at radius 2 is 1.81 bits per heavy atom. The summed E-state index contributed by atoms with van der Waals surface area (Å²) >= 11 is 3.35. The first kappa shape index (κ1) is 19.8. The van der Waals surface area contributed by atoms with E-state index in [-0.39, 0.29) is 24.7 Å². The molecule has 0 bridgehead atoms. The third-order valence-electron chi connectivity index (χ3n) is 3.20. The summed E-state index contributed by atoms with van der Waals surface area (Å²) in [5, 5.41) is 18.1. The van der Waals surface area contributed by atoms with Crippen LogP contribution in [0.25, 0.3) is 0 Å². The molecule has 0 aliphatic carbocycles. The smallest absolute Gasteiger partial charge is 0.362 e. The summed E-state index contributed by atoms with van der Waals surface area (Å²) in [5.74, 6) is -1.10. The molecule has 0 heterocycles. The van der Waals surface area contributed by atoms with Gasteiger partial charge in [0.15, 0.2) is 5.76 Å². The molecule has 0 radical (unpaired) electrons. The van der Waals surface area contributed by atoms with E-state index in [9.17, 15) is 9.90 Å². The average molecular weight is 419 g/mol. The Labute approximate surface area is 160 Å². The first-order valence-corrected chi connectivity index (χ1v) is 8.78. The van der Waals surface area contributed by atoms with Crippen molar-refractivity contribution >= 4 is 27.6 Å². The minimum atomic E-state index is -0.760. The van der Waals surface area contributed by atoms with Gasteiger partial charge in [-0.1, -0.05) is 42.5 Å². The number of hydrogen-bond acceptors (Lipinski definition) is 6. The van der Waals surface area contributed by atoms with Crippen molar-refractivity contribution in [2.75, 3.05) is 13.2 Å². The first-order chi connectivity index (χ1) is 12.6. The highest BCUT2D eigenvalue weighted by atomic mass is 79.9. The van der Waals surface area contributed by atoms with Gasteiger partial charge in [-0.25, -0.2) is 4.79 Å². The second-order valence-electron chi connectivity index (χ2n) is 5.15. The fourth-order valence-electron chi connectivity index (χ4n) is 1.96. The van der Waals surface area contributed by atoms with E-state index >= 15 is 0 Å². The van der Waals surface area contributed by atoms with Gasteiger partial charge >= 0.3 is 5.97 Å². The zero-order valence-corrected chi connectivity index (χ0v) is 15.8. The van der Waals surface area contributed by atoms with Crippen molar-refractivity contribution in [2.45, 2.75) is 13.5 Å². The quantitative estimate of drug-likeness (QED) is 0.280. The van der Waals surface area contributed by atoms with Crippen molar-refractivity contribution in [1.29, 1.82) is 0 Å². The van der Waals surface area contributed by atoms with Crippen LogP contribution < -0.4 is 0 Å². The van der Waals surface area contributed by atoms with Crippen molar-refractivity contribution in [3.8, 4) is 0 Å². The second-order valence-corrected chi connectivity index (χ2v) is 6.00. The molecule has 0 aliphatic rings. The number of aliphatic hydroxyl groups excluding tert-OH is 1. The van der Waals surface area contributed by atoms with Gasteiger partial charge in [0, 0.05) is 4.47 Å². The fraction of sp³-hybridized carbons (Fsp3) is 0.211. The molecule has 2 rings (SSSR count). The molecule has 0 saturated carbocycles. The van der Waals surface area contributed by atoms with E-state index in [2.05, 4.69) is 26.2 Å². The molecule has 0 aromatic heterocycles. The number of halogens is 1. The molecule has 0 unspecified atom stereocenters. The predicted molar refractivity (Wildman–Crippen MR) is 101 cm³/mol. The maximum absolute atomic E-state index is 12.1. The Balaban J connectivity index is 2.12. The maximum Gasteiger partial charge on any atom is 0.362 e. The van der Waals surface area contributed by atoms with Gasteiger partial charge in [0.05, 0.1) is 18.9 Å². The van der Waals surface area contributed by atoms with E-state index in [4.69, 9.17) is 9.47 Å². The minimum absolute atomic E-state index is 0.158. The number of nitrogens with zero attached hydrogens (tertiary/aromatic N) is 2. The van der Waals surface area contributed by atoms with Crippen LogP contribution in [0.15, 0.2) is 80.8 Å². The van der Waals surface area contributed by atoms with Gasteiger partial charge in [-0.15, -0.1) is 10.2 Å². The van der Waals surface area contributed by atoms with Crippen LogP contribution in [0.1, 0.15) is 12.5 Å². The molecular formula is C19H19BrN2O4. The predicted octanol–water partition coefficient (Wildman–Crippen LogP) is 5.08. The van der Waals surface area contributed by atoms with Gasteiger partial charge in [-0.3, -0.25) is 0 Å². The van der Waals surface area contributed by atoms with Crippen LogP contribution in [0, 0.1) is 0 Å². The lowest BCUT2D eigenvalue weighted by atomic mass is 10.2. The number of aliphatic hydroxyl groups is 1. The SMILES string of the molecule is CCOC(=O)C(N=Nc1ccccc1Br)=C(O)COCc1ccccc1. The van der Waals surface area contributed by atoms with E-state index in [1.165, 1.54) is 0 Å². The van der Waals surface area contributed by atoms with Crippen LogP contribution in [0.5, 0.6) is 0 Å². The average Bonchev–Trinajstić information content (AvgIpc) is 2.64. The lowest BCUT2D eigenvalue weighted by molar-refractivity contribution is -0.138. The van der Waals surface area contributed by atoms with Crippen molar-refractivity contribution in [2.24, 2.45) is 10.2 Å². The topological polar surface area (TPSA) is 80.5 Å². The highest BCUT2D eigenvalue weighted by Crippen LogP contribution is 2.25. The van der Waals surface area contributed by atoms with E-state index in [1.54, 1.807) is 25.1 Å². The van der Waals surface area contributed by atoms with E-state index in [0.717, 1.165) is 5.56 Å². The molecule has 0 aliphatic heterocycles. The Kier molecular flexibility index (Phi) is 7.98. The molecule has 0 spiro atoms. The molecule has 6 nitrogen and oxygen atoms in total. The lowest BCUT2D eigenvalue weighted by Gasteiger charge is -2.07. The van der Waals surface area contributed by atoms with Crippen molar-refractivity contribution in [1.82, 2.24) is 0 Å². The van der Waals surface area contributed by atoms with Crippen LogP contribution in [0.2, 0.25) is 0 Å². The second kappa shape index (κ2) is 10.5. The number of hydrogen-bond donors (Lipinski definition) is 1. The monoisotopic (exact) mass is 418 g/mol. The van der Waals surface area contributed by atoms with Gasteiger partial charge in [0.25, 0.3) is 0 Å². The molecule has 2 aromatic carbocycles. The first-order valence-electron chi connectivity index (χ1n) is 7.99. The third-order valence-corrected chi connectivity index (χ3v) is 3.87. The van der Waals surface area contributed by atoms with Gasteiger partial charge in [0.1, 0.15) is 6.61 Å². The summed E-state index contributed by atoms with van der Waals surface area (Å²) in [6.45, 7) is 1.94. The lowest BCUT2D eigenvalue weighted by Crippen LogP contribution is -2.11. The molecule has 1 N–H and O–H groups in total. The van der Waals surface area contributed by atoms with Gasteiger partial charge in [-0.2, -0.15) is 0 Å².